The van der Waals surface area contributed by atoms with E-state index >= 15 is 0 Å². The van der Waals surface area contributed by atoms with E-state index < -0.39 is 23.7 Å². The van der Waals surface area contributed by atoms with Crippen LogP contribution in [0.1, 0.15) is 15.9 Å². The maximum absolute atomic E-state index is 13.7. The molecular formula is C16H14FN3O2. The first-order valence-corrected chi connectivity index (χ1v) is 6.80. The van der Waals surface area contributed by atoms with E-state index in [9.17, 15) is 14.0 Å². The molecule has 0 radical (unpaired) electrons. The van der Waals surface area contributed by atoms with Gasteiger partial charge in [0.1, 0.15) is 11.9 Å². The Kier molecular flexibility index (Phi) is 3.50. The van der Waals surface area contributed by atoms with Gasteiger partial charge in [0.15, 0.2) is 0 Å². The SMILES string of the molecule is Nc1cccc2c1C(=O)N[C@@H](Cc1ccccc1F)C(=O)N2. The second-order valence-electron chi connectivity index (χ2n) is 5.08. The maximum atomic E-state index is 13.7. The summed E-state index contributed by atoms with van der Waals surface area (Å²) in [5, 5.41) is 5.26. The van der Waals surface area contributed by atoms with Crippen LogP contribution in [0.15, 0.2) is 42.5 Å². The molecule has 0 bridgehead atoms. The van der Waals surface area contributed by atoms with Crippen molar-refractivity contribution < 1.29 is 14.0 Å². The van der Waals surface area contributed by atoms with Crippen LogP contribution in [-0.2, 0) is 11.2 Å². The van der Waals surface area contributed by atoms with Crippen LogP contribution in [0.5, 0.6) is 0 Å². The van der Waals surface area contributed by atoms with Gasteiger partial charge >= 0.3 is 0 Å². The molecule has 0 saturated carbocycles. The lowest BCUT2D eigenvalue weighted by Crippen LogP contribution is -2.42. The molecule has 1 aliphatic rings. The Balaban J connectivity index is 1.91. The summed E-state index contributed by atoms with van der Waals surface area (Å²) >= 11 is 0. The van der Waals surface area contributed by atoms with Crippen molar-refractivity contribution in [2.24, 2.45) is 0 Å². The van der Waals surface area contributed by atoms with Gasteiger partial charge in [0.25, 0.3) is 5.91 Å². The molecule has 0 aliphatic carbocycles. The van der Waals surface area contributed by atoms with Crippen LogP contribution in [0.2, 0.25) is 0 Å². The topological polar surface area (TPSA) is 84.2 Å². The summed E-state index contributed by atoms with van der Waals surface area (Å²) in [6, 6.07) is 10.1. The summed E-state index contributed by atoms with van der Waals surface area (Å²) in [4.78, 5) is 24.5. The Labute approximate surface area is 126 Å². The average Bonchev–Trinajstić information content (AvgIpc) is 2.59. The fourth-order valence-corrected chi connectivity index (χ4v) is 2.47. The fraction of sp³-hybridized carbons (Fsp3) is 0.125. The largest absolute Gasteiger partial charge is 0.398 e. The van der Waals surface area contributed by atoms with Crippen molar-refractivity contribution in [3.63, 3.8) is 0 Å². The Morgan fingerprint density at radius 3 is 2.64 bits per heavy atom. The molecule has 0 saturated heterocycles. The van der Waals surface area contributed by atoms with E-state index in [2.05, 4.69) is 10.6 Å². The van der Waals surface area contributed by atoms with Crippen LogP contribution in [0.4, 0.5) is 15.8 Å². The first-order valence-electron chi connectivity index (χ1n) is 6.80. The Bertz CT molecular complexity index is 761. The van der Waals surface area contributed by atoms with Gasteiger partial charge in [0.2, 0.25) is 5.91 Å². The van der Waals surface area contributed by atoms with Gasteiger partial charge in [-0.15, -0.1) is 0 Å². The van der Waals surface area contributed by atoms with E-state index in [0.717, 1.165) is 0 Å². The molecule has 0 fully saturated rings. The van der Waals surface area contributed by atoms with Crippen LogP contribution >= 0.6 is 0 Å². The van der Waals surface area contributed by atoms with Crippen molar-refractivity contribution in [1.82, 2.24) is 5.32 Å². The predicted octanol–water partition coefficient (Wildman–Crippen LogP) is 1.70. The number of carbonyl (C=O) groups is 2. The lowest BCUT2D eigenvalue weighted by Gasteiger charge is -2.15. The standard InChI is InChI=1S/C16H14FN3O2/c17-10-5-2-1-4-9(10)8-13-15(21)19-12-7-3-6-11(18)14(12)16(22)20-13/h1-7,13H,8,18H2,(H,19,21)(H,20,22)/t13-/m0/s1. The summed E-state index contributed by atoms with van der Waals surface area (Å²) in [7, 11) is 0. The van der Waals surface area contributed by atoms with Crippen molar-refractivity contribution >= 4 is 23.2 Å². The molecule has 112 valence electrons. The van der Waals surface area contributed by atoms with Gasteiger partial charge in [-0.1, -0.05) is 24.3 Å². The first kappa shape index (κ1) is 14.1. The van der Waals surface area contributed by atoms with Crippen molar-refractivity contribution in [1.29, 1.82) is 0 Å². The fourth-order valence-electron chi connectivity index (χ4n) is 2.47. The molecule has 2 amide bonds. The second-order valence-corrected chi connectivity index (χ2v) is 5.08. The number of rotatable bonds is 2. The lowest BCUT2D eigenvalue weighted by molar-refractivity contribution is -0.117. The van der Waals surface area contributed by atoms with Gasteiger partial charge in [-0.05, 0) is 23.8 Å². The predicted molar refractivity (Wildman–Crippen MR) is 80.8 cm³/mol. The van der Waals surface area contributed by atoms with Crippen LogP contribution in [-0.4, -0.2) is 17.9 Å². The van der Waals surface area contributed by atoms with E-state index in [-0.39, 0.29) is 17.7 Å². The monoisotopic (exact) mass is 299 g/mol. The molecular weight excluding hydrogens is 285 g/mol. The number of carbonyl (C=O) groups excluding carboxylic acids is 2. The maximum Gasteiger partial charge on any atom is 0.256 e. The number of nitrogens with two attached hydrogens (primary N) is 1. The minimum absolute atomic E-state index is 0.0676. The number of hydrogen-bond acceptors (Lipinski definition) is 3. The summed E-state index contributed by atoms with van der Waals surface area (Å²) in [6.07, 6.45) is 0.0676. The molecule has 2 aromatic carbocycles. The van der Waals surface area contributed by atoms with Crippen molar-refractivity contribution in [3.05, 3.63) is 59.4 Å². The number of hydrogen-bond donors (Lipinski definition) is 3. The number of amides is 2. The van der Waals surface area contributed by atoms with E-state index in [1.165, 1.54) is 6.07 Å². The van der Waals surface area contributed by atoms with E-state index in [1.807, 2.05) is 0 Å². The third kappa shape index (κ3) is 2.50. The molecule has 5 nitrogen and oxygen atoms in total. The highest BCUT2D eigenvalue weighted by Crippen LogP contribution is 2.25. The molecule has 22 heavy (non-hydrogen) atoms. The molecule has 1 atom stereocenters. The number of halogens is 1. The van der Waals surface area contributed by atoms with Crippen molar-refractivity contribution in [2.45, 2.75) is 12.5 Å². The molecule has 2 aromatic rings. The second kappa shape index (κ2) is 5.48. The Morgan fingerprint density at radius 2 is 1.86 bits per heavy atom. The smallest absolute Gasteiger partial charge is 0.256 e. The number of fused-ring (bicyclic) bond motifs is 1. The zero-order valence-corrected chi connectivity index (χ0v) is 11.6. The molecule has 6 heteroatoms. The normalized spacial score (nSPS) is 17.2. The van der Waals surface area contributed by atoms with Crippen molar-refractivity contribution in [3.8, 4) is 0 Å². The third-order valence-electron chi connectivity index (χ3n) is 3.59. The molecule has 0 unspecified atom stereocenters. The van der Waals surface area contributed by atoms with Gasteiger partial charge < -0.3 is 16.4 Å². The highest BCUT2D eigenvalue weighted by molar-refractivity contribution is 6.12. The summed E-state index contributed by atoms with van der Waals surface area (Å²) in [5.41, 5.74) is 7.03. The third-order valence-corrected chi connectivity index (χ3v) is 3.59. The Morgan fingerprint density at radius 1 is 1.09 bits per heavy atom. The van der Waals surface area contributed by atoms with Gasteiger partial charge in [0, 0.05) is 12.1 Å². The van der Waals surface area contributed by atoms with Crippen molar-refractivity contribution in [2.75, 3.05) is 11.1 Å². The summed E-state index contributed by atoms with van der Waals surface area (Å²) in [6.45, 7) is 0. The number of nitrogens with one attached hydrogen (secondary N) is 2. The Hall–Kier alpha value is -2.89. The average molecular weight is 299 g/mol. The molecule has 4 N–H and O–H groups in total. The quantitative estimate of drug-likeness (QED) is 0.738. The minimum atomic E-state index is -0.865. The summed E-state index contributed by atoms with van der Waals surface area (Å²) < 4.78 is 13.7. The van der Waals surface area contributed by atoms with E-state index in [0.29, 0.717) is 11.3 Å². The van der Waals surface area contributed by atoms with Gasteiger partial charge in [0.05, 0.1) is 11.3 Å². The number of anilines is 2. The highest BCUT2D eigenvalue weighted by Gasteiger charge is 2.29. The zero-order valence-electron chi connectivity index (χ0n) is 11.6. The highest BCUT2D eigenvalue weighted by atomic mass is 19.1. The summed E-state index contributed by atoms with van der Waals surface area (Å²) in [5.74, 6) is -1.26. The van der Waals surface area contributed by atoms with Crippen LogP contribution in [0, 0.1) is 5.82 Å². The molecule has 1 heterocycles. The minimum Gasteiger partial charge on any atom is -0.398 e. The first-order chi connectivity index (χ1) is 10.6. The van der Waals surface area contributed by atoms with Gasteiger partial charge in [-0.2, -0.15) is 0 Å². The molecule has 0 spiro atoms. The number of nitrogen functional groups attached to an aromatic ring is 1. The molecule has 1 aliphatic heterocycles. The molecule has 0 aromatic heterocycles. The number of benzene rings is 2. The van der Waals surface area contributed by atoms with Gasteiger partial charge in [-0.3, -0.25) is 9.59 Å². The zero-order chi connectivity index (χ0) is 15.7. The van der Waals surface area contributed by atoms with Crippen LogP contribution in [0.25, 0.3) is 0 Å². The van der Waals surface area contributed by atoms with Crippen LogP contribution < -0.4 is 16.4 Å². The molecule has 3 rings (SSSR count). The van der Waals surface area contributed by atoms with Crippen LogP contribution in [0.3, 0.4) is 0 Å². The van der Waals surface area contributed by atoms with E-state index in [1.54, 1.807) is 36.4 Å². The van der Waals surface area contributed by atoms with E-state index in [4.69, 9.17) is 5.73 Å². The lowest BCUT2D eigenvalue weighted by atomic mass is 10.0. The van der Waals surface area contributed by atoms with Gasteiger partial charge in [-0.25, -0.2) is 4.39 Å².